The van der Waals surface area contributed by atoms with Gasteiger partial charge in [-0.1, -0.05) is 6.92 Å². The second kappa shape index (κ2) is 7.21. The van der Waals surface area contributed by atoms with Crippen LogP contribution in [0.15, 0.2) is 29.2 Å². The van der Waals surface area contributed by atoms with Crippen molar-refractivity contribution in [3.05, 3.63) is 24.3 Å². The summed E-state index contributed by atoms with van der Waals surface area (Å²) >= 11 is 0. The quantitative estimate of drug-likeness (QED) is 0.845. The highest BCUT2D eigenvalue weighted by molar-refractivity contribution is 7.89. The summed E-state index contributed by atoms with van der Waals surface area (Å²) in [5.41, 5.74) is 0.768. The lowest BCUT2D eigenvalue weighted by molar-refractivity contribution is -0.117. The van der Waals surface area contributed by atoms with Crippen LogP contribution in [-0.4, -0.2) is 51.4 Å². The SMILES string of the molecule is CCN1CCCC1CNS(=O)(=O)c1ccc(N2CCCC2=O)cc1. The summed E-state index contributed by atoms with van der Waals surface area (Å²) < 4.78 is 27.7. The first kappa shape index (κ1) is 17.4. The molecular formula is C17H25N3O3S. The molecule has 0 saturated carbocycles. The molecule has 1 amide bonds. The van der Waals surface area contributed by atoms with Gasteiger partial charge in [-0.25, -0.2) is 13.1 Å². The fraction of sp³-hybridized carbons (Fsp3) is 0.588. The van der Waals surface area contributed by atoms with Gasteiger partial charge in [-0.2, -0.15) is 0 Å². The number of anilines is 1. The standard InChI is InChI=1S/C17H25N3O3S/c1-2-19-11-3-5-15(19)13-18-24(22,23)16-9-7-14(8-10-16)20-12-4-6-17(20)21/h7-10,15,18H,2-6,11-13H2,1H3. The Morgan fingerprint density at radius 3 is 2.54 bits per heavy atom. The molecule has 0 aromatic heterocycles. The third-order valence-electron chi connectivity index (χ3n) is 4.95. The second-order valence-corrected chi connectivity index (χ2v) is 8.19. The lowest BCUT2D eigenvalue weighted by Crippen LogP contribution is -2.40. The van der Waals surface area contributed by atoms with E-state index in [0.29, 0.717) is 19.5 Å². The number of hydrogen-bond donors (Lipinski definition) is 1. The molecule has 3 rings (SSSR count). The molecule has 1 atom stereocenters. The van der Waals surface area contributed by atoms with Crippen LogP contribution in [0.1, 0.15) is 32.6 Å². The number of carbonyl (C=O) groups is 1. The van der Waals surface area contributed by atoms with Crippen molar-refractivity contribution in [3.63, 3.8) is 0 Å². The first-order chi connectivity index (χ1) is 11.5. The Kier molecular flexibility index (Phi) is 5.22. The summed E-state index contributed by atoms with van der Waals surface area (Å²) in [6, 6.07) is 6.87. The Morgan fingerprint density at radius 2 is 1.92 bits per heavy atom. The summed E-state index contributed by atoms with van der Waals surface area (Å²) in [4.78, 5) is 16.0. The first-order valence-corrected chi connectivity index (χ1v) is 10.1. The molecule has 7 heteroatoms. The van der Waals surface area contributed by atoms with Crippen molar-refractivity contribution in [3.8, 4) is 0 Å². The van der Waals surface area contributed by atoms with Gasteiger partial charge in [-0.15, -0.1) is 0 Å². The van der Waals surface area contributed by atoms with Crippen molar-refractivity contribution in [1.29, 1.82) is 0 Å². The van der Waals surface area contributed by atoms with Gasteiger partial charge in [0.15, 0.2) is 0 Å². The van der Waals surface area contributed by atoms with Crippen LogP contribution in [0.3, 0.4) is 0 Å². The molecule has 2 aliphatic heterocycles. The smallest absolute Gasteiger partial charge is 0.240 e. The summed E-state index contributed by atoms with van der Waals surface area (Å²) in [5.74, 6) is 0.102. The predicted molar refractivity (Wildman–Crippen MR) is 93.5 cm³/mol. The highest BCUT2D eigenvalue weighted by atomic mass is 32.2. The average Bonchev–Trinajstić information content (AvgIpc) is 3.21. The molecule has 6 nitrogen and oxygen atoms in total. The van der Waals surface area contributed by atoms with Gasteiger partial charge in [-0.05, 0) is 56.6 Å². The lowest BCUT2D eigenvalue weighted by Gasteiger charge is -2.23. The highest BCUT2D eigenvalue weighted by Gasteiger charge is 2.26. The van der Waals surface area contributed by atoms with Crippen LogP contribution in [0.2, 0.25) is 0 Å². The van der Waals surface area contributed by atoms with Crippen molar-refractivity contribution in [2.45, 2.75) is 43.5 Å². The molecule has 1 aromatic rings. The van der Waals surface area contributed by atoms with Crippen LogP contribution in [0.4, 0.5) is 5.69 Å². The van der Waals surface area contributed by atoms with Crippen molar-refractivity contribution in [1.82, 2.24) is 9.62 Å². The molecule has 132 valence electrons. The van der Waals surface area contributed by atoms with Gasteiger partial charge in [0, 0.05) is 31.2 Å². The lowest BCUT2D eigenvalue weighted by atomic mass is 10.2. The van der Waals surface area contributed by atoms with E-state index in [1.807, 2.05) is 0 Å². The summed E-state index contributed by atoms with van der Waals surface area (Å²) in [7, 11) is -3.51. The zero-order valence-corrected chi connectivity index (χ0v) is 14.9. The maximum Gasteiger partial charge on any atom is 0.240 e. The molecule has 2 heterocycles. The molecule has 2 aliphatic rings. The van der Waals surface area contributed by atoms with E-state index in [-0.39, 0.29) is 16.8 Å². The van der Waals surface area contributed by atoms with Gasteiger partial charge in [0.25, 0.3) is 0 Å². The fourth-order valence-corrected chi connectivity index (χ4v) is 4.63. The second-order valence-electron chi connectivity index (χ2n) is 6.42. The number of amides is 1. The minimum absolute atomic E-state index is 0.102. The van der Waals surface area contributed by atoms with Crippen molar-refractivity contribution >= 4 is 21.6 Å². The van der Waals surface area contributed by atoms with Crippen molar-refractivity contribution in [2.24, 2.45) is 0 Å². The average molecular weight is 351 g/mol. The van der Waals surface area contributed by atoms with Gasteiger partial charge in [-0.3, -0.25) is 9.69 Å². The topological polar surface area (TPSA) is 69.7 Å². The molecule has 24 heavy (non-hydrogen) atoms. The molecule has 1 aromatic carbocycles. The zero-order chi connectivity index (χ0) is 17.2. The minimum atomic E-state index is -3.51. The van der Waals surface area contributed by atoms with Gasteiger partial charge in [0.2, 0.25) is 15.9 Å². The summed E-state index contributed by atoms with van der Waals surface area (Å²) in [5, 5.41) is 0. The number of nitrogens with one attached hydrogen (secondary N) is 1. The van der Waals surface area contributed by atoms with Crippen molar-refractivity contribution in [2.75, 3.05) is 31.1 Å². The molecule has 0 radical (unpaired) electrons. The number of rotatable bonds is 6. The highest BCUT2D eigenvalue weighted by Crippen LogP contribution is 2.23. The largest absolute Gasteiger partial charge is 0.312 e. The van der Waals surface area contributed by atoms with E-state index in [4.69, 9.17) is 0 Å². The van der Waals surface area contributed by atoms with E-state index in [1.54, 1.807) is 29.2 Å². The van der Waals surface area contributed by atoms with Gasteiger partial charge in [0.1, 0.15) is 0 Å². The maximum atomic E-state index is 12.5. The first-order valence-electron chi connectivity index (χ1n) is 8.65. The number of hydrogen-bond acceptors (Lipinski definition) is 4. The van der Waals surface area contributed by atoms with E-state index < -0.39 is 10.0 Å². The third-order valence-corrected chi connectivity index (χ3v) is 6.39. The normalized spacial score (nSPS) is 22.5. The van der Waals surface area contributed by atoms with Crippen molar-refractivity contribution < 1.29 is 13.2 Å². The molecule has 0 spiro atoms. The van der Waals surface area contributed by atoms with E-state index in [2.05, 4.69) is 16.5 Å². The molecule has 1 N–H and O–H groups in total. The monoisotopic (exact) mass is 351 g/mol. The number of likely N-dealkylation sites (tertiary alicyclic amines) is 1. The fourth-order valence-electron chi connectivity index (χ4n) is 3.56. The minimum Gasteiger partial charge on any atom is -0.312 e. The van der Waals surface area contributed by atoms with Crippen LogP contribution in [0.25, 0.3) is 0 Å². The Bertz CT molecular complexity index is 688. The zero-order valence-electron chi connectivity index (χ0n) is 14.1. The molecule has 0 aliphatic carbocycles. The van der Waals surface area contributed by atoms with E-state index in [0.717, 1.165) is 38.0 Å². The van der Waals surface area contributed by atoms with Crippen LogP contribution in [0.5, 0.6) is 0 Å². The maximum absolute atomic E-state index is 12.5. The summed E-state index contributed by atoms with van der Waals surface area (Å²) in [6.07, 6.45) is 3.58. The molecule has 1 unspecified atom stereocenters. The van der Waals surface area contributed by atoms with Crippen LogP contribution in [0, 0.1) is 0 Å². The number of benzene rings is 1. The van der Waals surface area contributed by atoms with Crippen LogP contribution < -0.4 is 9.62 Å². The van der Waals surface area contributed by atoms with Crippen LogP contribution >= 0.6 is 0 Å². The van der Waals surface area contributed by atoms with E-state index in [9.17, 15) is 13.2 Å². The third kappa shape index (κ3) is 3.63. The Balaban J connectivity index is 1.65. The van der Waals surface area contributed by atoms with Gasteiger partial charge in [0.05, 0.1) is 4.90 Å². The summed E-state index contributed by atoms with van der Waals surface area (Å²) in [6.45, 7) is 5.25. The van der Waals surface area contributed by atoms with E-state index in [1.165, 1.54) is 0 Å². The molecule has 2 fully saturated rings. The number of carbonyl (C=O) groups excluding carboxylic acids is 1. The molecule has 0 bridgehead atoms. The van der Waals surface area contributed by atoms with Gasteiger partial charge >= 0.3 is 0 Å². The number of sulfonamides is 1. The Hall–Kier alpha value is -1.44. The number of nitrogens with zero attached hydrogens (tertiary/aromatic N) is 2. The van der Waals surface area contributed by atoms with E-state index >= 15 is 0 Å². The Morgan fingerprint density at radius 1 is 1.17 bits per heavy atom. The molecule has 2 saturated heterocycles. The molecular weight excluding hydrogens is 326 g/mol. The van der Waals surface area contributed by atoms with Crippen LogP contribution in [-0.2, 0) is 14.8 Å². The predicted octanol–water partition coefficient (Wildman–Crippen LogP) is 1.58. The Labute approximate surface area is 143 Å². The number of likely N-dealkylation sites (N-methyl/N-ethyl adjacent to an activating group) is 1. The van der Waals surface area contributed by atoms with Gasteiger partial charge < -0.3 is 4.90 Å².